The summed E-state index contributed by atoms with van der Waals surface area (Å²) in [4.78, 5) is 22.6. The van der Waals surface area contributed by atoms with Gasteiger partial charge in [-0.3, -0.25) is 20.2 Å². The maximum Gasteiger partial charge on any atom is 0.271 e. The number of carbonyl (C=O) groups excluding carboxylic acids is 1. The van der Waals surface area contributed by atoms with Crippen molar-refractivity contribution in [2.45, 2.75) is 0 Å². The highest BCUT2D eigenvalue weighted by molar-refractivity contribution is 7.80. The number of nitrogens with one attached hydrogen (secondary N) is 2. The molecule has 0 fully saturated rings. The van der Waals surface area contributed by atoms with E-state index in [1.165, 1.54) is 44.6 Å². The maximum atomic E-state index is 12.4. The van der Waals surface area contributed by atoms with Crippen molar-refractivity contribution in [3.8, 4) is 11.5 Å². The van der Waals surface area contributed by atoms with E-state index in [-0.39, 0.29) is 27.1 Å². The van der Waals surface area contributed by atoms with Gasteiger partial charge in [0.15, 0.2) is 5.11 Å². The van der Waals surface area contributed by atoms with Gasteiger partial charge in [0.05, 0.1) is 29.9 Å². The molecule has 0 aliphatic carbocycles. The monoisotopic (exact) mass is 395 g/mol. The van der Waals surface area contributed by atoms with Gasteiger partial charge < -0.3 is 14.8 Å². The van der Waals surface area contributed by atoms with Crippen LogP contribution in [0.5, 0.6) is 11.5 Å². The third-order valence-electron chi connectivity index (χ3n) is 3.25. The van der Waals surface area contributed by atoms with Gasteiger partial charge in [-0.05, 0) is 30.4 Å². The van der Waals surface area contributed by atoms with E-state index in [1.54, 1.807) is 6.07 Å². The van der Waals surface area contributed by atoms with Crippen LogP contribution in [0.15, 0.2) is 36.4 Å². The number of anilines is 1. The van der Waals surface area contributed by atoms with E-state index in [0.29, 0.717) is 11.5 Å². The summed E-state index contributed by atoms with van der Waals surface area (Å²) in [6.07, 6.45) is 0. The van der Waals surface area contributed by atoms with E-state index in [1.807, 2.05) is 0 Å². The number of nitro benzene ring substituents is 1. The van der Waals surface area contributed by atoms with Crippen LogP contribution >= 0.6 is 23.8 Å². The van der Waals surface area contributed by atoms with E-state index in [0.717, 1.165) is 0 Å². The number of benzene rings is 2. The first-order valence-corrected chi connectivity index (χ1v) is 7.92. The second-order valence-corrected chi connectivity index (χ2v) is 5.75. The molecule has 0 radical (unpaired) electrons. The van der Waals surface area contributed by atoms with Gasteiger partial charge in [0.25, 0.3) is 11.6 Å². The molecule has 2 rings (SSSR count). The van der Waals surface area contributed by atoms with Crippen LogP contribution in [0, 0.1) is 10.1 Å². The fraction of sp³-hybridized carbons (Fsp3) is 0.125. The van der Waals surface area contributed by atoms with E-state index in [2.05, 4.69) is 10.6 Å². The van der Waals surface area contributed by atoms with Gasteiger partial charge in [-0.1, -0.05) is 11.6 Å². The lowest BCUT2D eigenvalue weighted by Gasteiger charge is -2.12. The van der Waals surface area contributed by atoms with Crippen molar-refractivity contribution < 1.29 is 19.2 Å². The van der Waals surface area contributed by atoms with E-state index >= 15 is 0 Å². The largest absolute Gasteiger partial charge is 0.497 e. The summed E-state index contributed by atoms with van der Waals surface area (Å²) in [5.74, 6) is 0.367. The Morgan fingerprint density at radius 3 is 2.31 bits per heavy atom. The zero-order valence-corrected chi connectivity index (χ0v) is 15.3. The van der Waals surface area contributed by atoms with Crippen molar-refractivity contribution in [3.05, 3.63) is 57.1 Å². The van der Waals surface area contributed by atoms with E-state index in [9.17, 15) is 14.9 Å². The molecule has 2 N–H and O–H groups in total. The highest BCUT2D eigenvalue weighted by Crippen LogP contribution is 2.27. The van der Waals surface area contributed by atoms with Gasteiger partial charge in [0.1, 0.15) is 11.5 Å². The van der Waals surface area contributed by atoms with Crippen LogP contribution in [0.3, 0.4) is 0 Å². The van der Waals surface area contributed by atoms with Crippen molar-refractivity contribution in [2.75, 3.05) is 19.5 Å². The van der Waals surface area contributed by atoms with Crippen LogP contribution in [0.4, 0.5) is 11.4 Å². The number of halogens is 1. The average molecular weight is 396 g/mol. The molecule has 0 aromatic heterocycles. The number of nitro groups is 1. The maximum absolute atomic E-state index is 12.4. The Balaban J connectivity index is 2.14. The van der Waals surface area contributed by atoms with Gasteiger partial charge in [-0.15, -0.1) is 0 Å². The number of nitrogens with zero attached hydrogens (tertiary/aromatic N) is 1. The first kappa shape index (κ1) is 19.4. The first-order valence-electron chi connectivity index (χ1n) is 7.13. The Morgan fingerprint density at radius 1 is 1.15 bits per heavy atom. The lowest BCUT2D eigenvalue weighted by molar-refractivity contribution is -0.384. The van der Waals surface area contributed by atoms with E-state index in [4.69, 9.17) is 33.3 Å². The second kappa shape index (κ2) is 8.45. The quantitative estimate of drug-likeness (QED) is 0.454. The molecule has 0 heterocycles. The summed E-state index contributed by atoms with van der Waals surface area (Å²) < 4.78 is 10.2. The Labute approximate surface area is 159 Å². The van der Waals surface area contributed by atoms with Gasteiger partial charge in [-0.25, -0.2) is 0 Å². The Hall–Kier alpha value is -2.91. The standard InChI is InChI=1S/C16H14ClN3O5S/c1-24-11-5-9(6-12(8-11)25-2)15(21)19-16(26)18-14-7-10(20(22)23)3-4-13(14)17/h3-8H,1-2H3,(H2,18,19,21,26). The first-order chi connectivity index (χ1) is 12.3. The molecule has 136 valence electrons. The van der Waals surface area contributed by atoms with Crippen molar-refractivity contribution in [1.82, 2.24) is 5.32 Å². The highest BCUT2D eigenvalue weighted by Gasteiger charge is 2.14. The number of thiocarbonyl (C=S) groups is 1. The minimum absolute atomic E-state index is 0.0702. The molecule has 1 amide bonds. The molecule has 0 atom stereocenters. The molecule has 2 aromatic carbocycles. The normalized spacial score (nSPS) is 9.96. The molecule has 0 bridgehead atoms. The number of carbonyl (C=O) groups is 1. The number of non-ortho nitro benzene ring substituents is 1. The predicted octanol–water partition coefficient (Wildman–Crippen LogP) is 3.39. The molecule has 0 unspecified atom stereocenters. The minimum Gasteiger partial charge on any atom is -0.497 e. The number of methoxy groups -OCH3 is 2. The van der Waals surface area contributed by atoms with Crippen LogP contribution in [0.25, 0.3) is 0 Å². The molecule has 2 aromatic rings. The summed E-state index contributed by atoms with van der Waals surface area (Å²) in [7, 11) is 2.93. The molecular weight excluding hydrogens is 382 g/mol. The molecule has 26 heavy (non-hydrogen) atoms. The lowest BCUT2D eigenvalue weighted by atomic mass is 10.2. The Bertz CT molecular complexity index is 853. The summed E-state index contributed by atoms with van der Waals surface area (Å²) in [6.45, 7) is 0. The van der Waals surface area contributed by atoms with Crippen LogP contribution < -0.4 is 20.1 Å². The predicted molar refractivity (Wildman–Crippen MR) is 101 cm³/mol. The smallest absolute Gasteiger partial charge is 0.271 e. The van der Waals surface area contributed by atoms with Crippen molar-refractivity contribution in [2.24, 2.45) is 0 Å². The Kier molecular flexibility index (Phi) is 6.31. The van der Waals surface area contributed by atoms with E-state index < -0.39 is 10.8 Å². The second-order valence-electron chi connectivity index (χ2n) is 4.93. The summed E-state index contributed by atoms with van der Waals surface area (Å²) in [5, 5.41) is 16.1. The molecule has 0 saturated heterocycles. The number of hydrogen-bond acceptors (Lipinski definition) is 6. The third kappa shape index (κ3) is 4.80. The number of rotatable bonds is 5. The number of amides is 1. The molecule has 10 heteroatoms. The Morgan fingerprint density at radius 2 is 1.77 bits per heavy atom. The van der Waals surface area contributed by atoms with Gasteiger partial charge >= 0.3 is 0 Å². The summed E-state index contributed by atoms with van der Waals surface area (Å²) in [5.41, 5.74) is 0.299. The summed E-state index contributed by atoms with van der Waals surface area (Å²) >= 11 is 11.1. The highest BCUT2D eigenvalue weighted by atomic mass is 35.5. The lowest BCUT2D eigenvalue weighted by Crippen LogP contribution is -2.34. The van der Waals surface area contributed by atoms with Crippen molar-refractivity contribution in [3.63, 3.8) is 0 Å². The van der Waals surface area contributed by atoms with Crippen LogP contribution in [-0.2, 0) is 0 Å². The van der Waals surface area contributed by atoms with Crippen LogP contribution in [0.2, 0.25) is 5.02 Å². The zero-order chi connectivity index (χ0) is 19.3. The molecule has 0 saturated carbocycles. The zero-order valence-electron chi connectivity index (χ0n) is 13.7. The van der Waals surface area contributed by atoms with Crippen LogP contribution in [-0.4, -0.2) is 30.2 Å². The number of ether oxygens (including phenoxy) is 2. The SMILES string of the molecule is COc1cc(OC)cc(C(=O)NC(=S)Nc2cc([N+](=O)[O-])ccc2Cl)c1. The van der Waals surface area contributed by atoms with Gasteiger partial charge in [0, 0.05) is 23.8 Å². The molecule has 0 aliphatic heterocycles. The minimum atomic E-state index is -0.564. The average Bonchev–Trinajstić information content (AvgIpc) is 2.62. The van der Waals surface area contributed by atoms with Crippen LogP contribution in [0.1, 0.15) is 10.4 Å². The molecule has 0 aliphatic rings. The summed E-state index contributed by atoms with van der Waals surface area (Å²) in [6, 6.07) is 8.49. The molecular formula is C16H14ClN3O5S. The van der Waals surface area contributed by atoms with Crippen molar-refractivity contribution in [1.29, 1.82) is 0 Å². The fourth-order valence-corrected chi connectivity index (χ4v) is 2.36. The van der Waals surface area contributed by atoms with Crippen molar-refractivity contribution >= 4 is 46.2 Å². The van der Waals surface area contributed by atoms with Gasteiger partial charge in [0.2, 0.25) is 0 Å². The third-order valence-corrected chi connectivity index (χ3v) is 3.78. The number of hydrogen-bond donors (Lipinski definition) is 2. The molecule has 0 spiro atoms. The fourth-order valence-electron chi connectivity index (χ4n) is 1.99. The molecule has 8 nitrogen and oxygen atoms in total. The van der Waals surface area contributed by atoms with Gasteiger partial charge in [-0.2, -0.15) is 0 Å². The topological polar surface area (TPSA) is 103 Å².